The number of ether oxygens (including phenoxy) is 2. The second-order valence-electron chi connectivity index (χ2n) is 6.94. The highest BCUT2D eigenvalue weighted by atomic mass is 16.5. The number of carbonyl (C=O) groups excluding carboxylic acids is 1. The molecule has 0 aliphatic rings. The number of nitrogens with one attached hydrogen (secondary N) is 1. The van der Waals surface area contributed by atoms with Crippen LogP contribution in [-0.4, -0.2) is 25.2 Å². The standard InChI is InChI=1S/C23H31NO3/c1-6-26-21-11-9-20(10-12-21)8-7-13-24-23(25)19(5)27-22-15-16(2)14-17(3)18(22)4/h9-12,14-15,19H,6-8,13H2,1-5H3,(H,24,25)/t19-/m0/s1. The number of rotatable bonds is 9. The second-order valence-corrected chi connectivity index (χ2v) is 6.94. The maximum atomic E-state index is 12.3. The van der Waals surface area contributed by atoms with Crippen LogP contribution in [0.15, 0.2) is 36.4 Å². The summed E-state index contributed by atoms with van der Waals surface area (Å²) in [6.07, 6.45) is 1.28. The Kier molecular flexibility index (Phi) is 7.71. The third-order valence-electron chi connectivity index (χ3n) is 4.61. The van der Waals surface area contributed by atoms with Gasteiger partial charge in [-0.3, -0.25) is 4.79 Å². The molecular formula is C23H31NO3. The smallest absolute Gasteiger partial charge is 0.260 e. The molecule has 0 aliphatic heterocycles. The van der Waals surface area contributed by atoms with Crippen LogP contribution >= 0.6 is 0 Å². The molecule has 0 saturated carbocycles. The van der Waals surface area contributed by atoms with Gasteiger partial charge in [-0.25, -0.2) is 0 Å². The van der Waals surface area contributed by atoms with Crippen LogP contribution in [0.3, 0.4) is 0 Å². The normalized spacial score (nSPS) is 11.7. The summed E-state index contributed by atoms with van der Waals surface area (Å²) in [5, 5.41) is 2.96. The van der Waals surface area contributed by atoms with Crippen LogP contribution in [0.25, 0.3) is 0 Å². The molecule has 1 atom stereocenters. The molecule has 0 heterocycles. The molecule has 4 nitrogen and oxygen atoms in total. The zero-order valence-corrected chi connectivity index (χ0v) is 17.1. The van der Waals surface area contributed by atoms with Gasteiger partial charge < -0.3 is 14.8 Å². The number of carbonyl (C=O) groups is 1. The van der Waals surface area contributed by atoms with E-state index in [4.69, 9.17) is 9.47 Å². The molecule has 27 heavy (non-hydrogen) atoms. The van der Waals surface area contributed by atoms with Crippen LogP contribution in [-0.2, 0) is 11.2 Å². The molecule has 4 heteroatoms. The van der Waals surface area contributed by atoms with Gasteiger partial charge in [0, 0.05) is 6.54 Å². The lowest BCUT2D eigenvalue weighted by Gasteiger charge is -2.18. The first-order valence-electron chi connectivity index (χ1n) is 9.64. The van der Waals surface area contributed by atoms with Crippen LogP contribution in [0.2, 0.25) is 0 Å². The van der Waals surface area contributed by atoms with Crippen LogP contribution in [0.4, 0.5) is 0 Å². The van der Waals surface area contributed by atoms with Crippen molar-refractivity contribution in [2.45, 2.75) is 53.6 Å². The Morgan fingerprint density at radius 2 is 1.81 bits per heavy atom. The zero-order valence-electron chi connectivity index (χ0n) is 17.1. The van der Waals surface area contributed by atoms with E-state index in [1.807, 2.05) is 39.0 Å². The van der Waals surface area contributed by atoms with E-state index in [0.717, 1.165) is 35.5 Å². The molecule has 0 aliphatic carbocycles. The van der Waals surface area contributed by atoms with Gasteiger partial charge in [-0.2, -0.15) is 0 Å². The quantitative estimate of drug-likeness (QED) is 0.661. The summed E-state index contributed by atoms with van der Waals surface area (Å²) < 4.78 is 11.3. The van der Waals surface area contributed by atoms with E-state index in [1.165, 1.54) is 11.1 Å². The SMILES string of the molecule is CCOc1ccc(CCCNC(=O)[C@H](C)Oc2cc(C)cc(C)c2C)cc1. The lowest BCUT2D eigenvalue weighted by Crippen LogP contribution is -2.37. The van der Waals surface area contributed by atoms with E-state index in [0.29, 0.717) is 13.2 Å². The molecule has 146 valence electrons. The van der Waals surface area contributed by atoms with Gasteiger partial charge in [0.1, 0.15) is 11.5 Å². The molecule has 0 aromatic heterocycles. The van der Waals surface area contributed by atoms with Gasteiger partial charge in [0.05, 0.1) is 6.61 Å². The van der Waals surface area contributed by atoms with Crippen LogP contribution < -0.4 is 14.8 Å². The fraction of sp³-hybridized carbons (Fsp3) is 0.435. The Labute approximate surface area is 162 Å². The molecule has 0 fully saturated rings. The molecule has 1 amide bonds. The molecule has 0 spiro atoms. The Morgan fingerprint density at radius 3 is 2.48 bits per heavy atom. The van der Waals surface area contributed by atoms with Gasteiger partial charge >= 0.3 is 0 Å². The second kappa shape index (κ2) is 10.0. The van der Waals surface area contributed by atoms with E-state index >= 15 is 0 Å². The molecule has 1 N–H and O–H groups in total. The van der Waals surface area contributed by atoms with E-state index in [9.17, 15) is 4.79 Å². The number of amides is 1. The van der Waals surface area contributed by atoms with Crippen molar-refractivity contribution in [3.63, 3.8) is 0 Å². The Bertz CT molecular complexity index is 753. The Morgan fingerprint density at radius 1 is 1.11 bits per heavy atom. The summed E-state index contributed by atoms with van der Waals surface area (Å²) in [6, 6.07) is 12.2. The van der Waals surface area contributed by atoms with Crippen molar-refractivity contribution < 1.29 is 14.3 Å². The predicted molar refractivity (Wildman–Crippen MR) is 110 cm³/mol. The minimum Gasteiger partial charge on any atom is -0.494 e. The van der Waals surface area contributed by atoms with Crippen molar-refractivity contribution >= 4 is 5.91 Å². The van der Waals surface area contributed by atoms with Gasteiger partial charge in [-0.15, -0.1) is 0 Å². The fourth-order valence-electron chi connectivity index (χ4n) is 2.93. The van der Waals surface area contributed by atoms with E-state index in [1.54, 1.807) is 6.92 Å². The molecule has 2 aromatic carbocycles. The molecule has 0 saturated heterocycles. The minimum absolute atomic E-state index is 0.0831. The zero-order chi connectivity index (χ0) is 19.8. The highest BCUT2D eigenvalue weighted by Gasteiger charge is 2.16. The van der Waals surface area contributed by atoms with Crippen molar-refractivity contribution in [3.05, 3.63) is 58.7 Å². The van der Waals surface area contributed by atoms with Crippen molar-refractivity contribution in [2.75, 3.05) is 13.2 Å². The Balaban J connectivity index is 1.76. The summed E-state index contributed by atoms with van der Waals surface area (Å²) in [4.78, 5) is 12.3. The van der Waals surface area contributed by atoms with E-state index in [2.05, 4.69) is 30.4 Å². The van der Waals surface area contributed by atoms with Gasteiger partial charge in [0.15, 0.2) is 6.10 Å². The number of hydrogen-bond acceptors (Lipinski definition) is 3. The minimum atomic E-state index is -0.518. The highest BCUT2D eigenvalue weighted by Crippen LogP contribution is 2.24. The molecular weight excluding hydrogens is 338 g/mol. The molecule has 0 radical (unpaired) electrons. The van der Waals surface area contributed by atoms with Crippen LogP contribution in [0, 0.1) is 20.8 Å². The van der Waals surface area contributed by atoms with Gasteiger partial charge in [0.25, 0.3) is 5.91 Å². The average Bonchev–Trinajstić information content (AvgIpc) is 2.64. The highest BCUT2D eigenvalue weighted by molar-refractivity contribution is 5.80. The maximum absolute atomic E-state index is 12.3. The third kappa shape index (κ3) is 6.31. The van der Waals surface area contributed by atoms with Crippen LogP contribution in [0.1, 0.15) is 42.5 Å². The van der Waals surface area contributed by atoms with Gasteiger partial charge in [-0.05, 0) is 87.9 Å². The van der Waals surface area contributed by atoms with E-state index < -0.39 is 6.10 Å². The van der Waals surface area contributed by atoms with Gasteiger partial charge in [-0.1, -0.05) is 18.2 Å². The number of hydrogen-bond donors (Lipinski definition) is 1. The lowest BCUT2D eigenvalue weighted by molar-refractivity contribution is -0.127. The summed E-state index contributed by atoms with van der Waals surface area (Å²) >= 11 is 0. The Hall–Kier alpha value is -2.49. The summed E-state index contributed by atoms with van der Waals surface area (Å²) in [7, 11) is 0. The first-order valence-corrected chi connectivity index (χ1v) is 9.64. The number of benzene rings is 2. The summed E-state index contributed by atoms with van der Waals surface area (Å²) in [6.45, 7) is 11.2. The van der Waals surface area contributed by atoms with Crippen LogP contribution in [0.5, 0.6) is 11.5 Å². The molecule has 0 unspecified atom stereocenters. The molecule has 2 rings (SSSR count). The number of aryl methyl sites for hydroxylation is 3. The first kappa shape index (κ1) is 20.8. The fourth-order valence-corrected chi connectivity index (χ4v) is 2.93. The molecule has 2 aromatic rings. The lowest BCUT2D eigenvalue weighted by atomic mass is 10.1. The third-order valence-corrected chi connectivity index (χ3v) is 4.61. The van der Waals surface area contributed by atoms with E-state index in [-0.39, 0.29) is 5.91 Å². The van der Waals surface area contributed by atoms with Crippen molar-refractivity contribution in [1.82, 2.24) is 5.32 Å². The average molecular weight is 370 g/mol. The maximum Gasteiger partial charge on any atom is 0.260 e. The topological polar surface area (TPSA) is 47.6 Å². The summed E-state index contributed by atoms with van der Waals surface area (Å²) in [5.41, 5.74) is 4.63. The van der Waals surface area contributed by atoms with Crippen molar-refractivity contribution in [3.8, 4) is 11.5 Å². The van der Waals surface area contributed by atoms with Crippen molar-refractivity contribution in [1.29, 1.82) is 0 Å². The monoisotopic (exact) mass is 369 g/mol. The largest absolute Gasteiger partial charge is 0.494 e. The molecule has 0 bridgehead atoms. The predicted octanol–water partition coefficient (Wildman–Crippen LogP) is 4.53. The summed E-state index contributed by atoms with van der Waals surface area (Å²) in [5.74, 6) is 1.59. The van der Waals surface area contributed by atoms with Crippen molar-refractivity contribution in [2.24, 2.45) is 0 Å². The van der Waals surface area contributed by atoms with Gasteiger partial charge in [0.2, 0.25) is 0 Å². The first-order chi connectivity index (χ1) is 12.9.